The summed E-state index contributed by atoms with van der Waals surface area (Å²) in [4.78, 5) is 0. The van der Waals surface area contributed by atoms with Crippen molar-refractivity contribution in [1.82, 2.24) is 0 Å². The minimum absolute atomic E-state index is 1.46. The molecule has 0 bridgehead atoms. The first-order valence-electron chi connectivity index (χ1n) is 3.64. The summed E-state index contributed by atoms with van der Waals surface area (Å²) >= 11 is 0. The van der Waals surface area contributed by atoms with Gasteiger partial charge in [0.05, 0.1) is 0 Å². The summed E-state index contributed by atoms with van der Waals surface area (Å²) in [5.41, 5.74) is 2.40. The molecule has 0 amide bonds. The highest BCUT2D eigenvalue weighted by Gasteiger charge is 1.93. The molecule has 0 radical (unpaired) electrons. The van der Waals surface area contributed by atoms with Crippen LogP contribution in [0.5, 0.6) is 0 Å². The van der Waals surface area contributed by atoms with Crippen LogP contribution in [-0.4, -0.2) is 6.66 Å². The maximum absolute atomic E-state index is 10.5. The Morgan fingerprint density at radius 3 is 1.60 bits per heavy atom. The molecule has 0 aliphatic rings. The fraction of sp³-hybridized carbons (Fsp3) is 0.0769. The van der Waals surface area contributed by atoms with Gasteiger partial charge >= 0.3 is 7.80 Å². The van der Waals surface area contributed by atoms with Crippen LogP contribution in [0.4, 0.5) is 0 Å². The van der Waals surface area contributed by atoms with Gasteiger partial charge in [-0.1, -0.05) is 4.57 Å². The molecule has 0 aliphatic carbocycles. The second-order valence-electron chi connectivity index (χ2n) is 1.88. The van der Waals surface area contributed by atoms with Crippen LogP contribution in [0.2, 0.25) is 0 Å². The number of hydrogen-bond acceptors (Lipinski definition) is 1. The van der Waals surface area contributed by atoms with Crippen LogP contribution in [0.3, 0.4) is 0 Å². The molecule has 0 spiro atoms. The SMILES string of the molecule is C#CC#CC#CC#CC#CC#C[P+](C)=O. The van der Waals surface area contributed by atoms with E-state index < -0.39 is 7.80 Å². The largest absolute Gasteiger partial charge is 0.426 e. The second kappa shape index (κ2) is 9.55. The molecule has 0 rings (SSSR count). The fourth-order valence-electron chi connectivity index (χ4n) is 0.362. The lowest BCUT2D eigenvalue weighted by atomic mass is 10.5. The van der Waals surface area contributed by atoms with Gasteiger partial charge in [-0.2, -0.15) is 0 Å². The van der Waals surface area contributed by atoms with Crippen LogP contribution in [-0.2, 0) is 4.57 Å². The lowest BCUT2D eigenvalue weighted by Crippen LogP contribution is -1.54. The Morgan fingerprint density at radius 2 is 1.20 bits per heavy atom. The average Bonchev–Trinajstić information content (AvgIpc) is 2.20. The minimum Gasteiger partial charge on any atom is -0.106 e. The molecule has 0 aromatic heterocycles. The van der Waals surface area contributed by atoms with Crippen molar-refractivity contribution in [3.05, 3.63) is 0 Å². The van der Waals surface area contributed by atoms with Gasteiger partial charge in [-0.25, -0.2) is 0 Å². The molecule has 0 N–H and O–H groups in total. The van der Waals surface area contributed by atoms with Gasteiger partial charge in [-0.3, -0.25) is 0 Å². The van der Waals surface area contributed by atoms with Crippen molar-refractivity contribution in [3.63, 3.8) is 0 Å². The predicted molar refractivity (Wildman–Crippen MR) is 61.2 cm³/mol. The topological polar surface area (TPSA) is 17.1 Å². The van der Waals surface area contributed by atoms with Crippen LogP contribution in [0.1, 0.15) is 0 Å². The molecule has 0 fully saturated rings. The zero-order chi connectivity index (χ0) is 11.4. The van der Waals surface area contributed by atoms with E-state index in [4.69, 9.17) is 6.42 Å². The van der Waals surface area contributed by atoms with E-state index >= 15 is 0 Å². The molecular weight excluding hydrogens is 203 g/mol. The van der Waals surface area contributed by atoms with E-state index in [1.165, 1.54) is 6.66 Å². The molecular formula is C13H4OP+. The number of rotatable bonds is 0. The highest BCUT2D eigenvalue weighted by atomic mass is 31.1. The van der Waals surface area contributed by atoms with Crippen molar-refractivity contribution >= 4 is 7.80 Å². The Balaban J connectivity index is 4.24. The summed E-state index contributed by atoms with van der Waals surface area (Å²) in [5, 5.41) is 0. The maximum Gasteiger partial charge on any atom is 0.426 e. The Bertz CT molecular complexity index is 591. The van der Waals surface area contributed by atoms with Crippen molar-refractivity contribution in [2.45, 2.75) is 0 Å². The molecule has 0 saturated carbocycles. The van der Waals surface area contributed by atoms with E-state index in [0.29, 0.717) is 0 Å². The Kier molecular flexibility index (Phi) is 7.93. The molecule has 1 atom stereocenters. The van der Waals surface area contributed by atoms with Crippen molar-refractivity contribution in [2.24, 2.45) is 0 Å². The highest BCUT2D eigenvalue weighted by molar-refractivity contribution is 7.49. The van der Waals surface area contributed by atoms with Gasteiger partial charge < -0.3 is 0 Å². The van der Waals surface area contributed by atoms with Crippen LogP contribution in [0, 0.1) is 71.3 Å². The van der Waals surface area contributed by atoms with E-state index in [0.717, 1.165) is 0 Å². The minimum atomic E-state index is -1.46. The third-order valence-corrected chi connectivity index (χ3v) is 1.21. The van der Waals surface area contributed by atoms with Gasteiger partial charge in [-0.15, -0.1) is 6.42 Å². The molecule has 0 aliphatic heterocycles. The Labute approximate surface area is 90.8 Å². The van der Waals surface area contributed by atoms with Crippen LogP contribution < -0.4 is 0 Å². The van der Waals surface area contributed by atoms with Crippen LogP contribution >= 0.6 is 7.80 Å². The summed E-state index contributed by atoms with van der Waals surface area (Å²) in [6, 6.07) is 0. The third kappa shape index (κ3) is 11.5. The summed E-state index contributed by atoms with van der Waals surface area (Å²) in [6.07, 6.45) is 4.86. The predicted octanol–water partition coefficient (Wildman–Crippen LogP) is 1.05. The molecule has 0 aromatic carbocycles. The van der Waals surface area contributed by atoms with Gasteiger partial charge in [0.2, 0.25) is 0 Å². The lowest BCUT2D eigenvalue weighted by molar-refractivity contribution is 0.597. The second-order valence-corrected chi connectivity index (χ2v) is 3.10. The van der Waals surface area contributed by atoms with Gasteiger partial charge in [-0.05, 0) is 29.6 Å². The Morgan fingerprint density at radius 1 is 0.800 bits per heavy atom. The molecule has 1 unspecified atom stereocenters. The first-order valence-corrected chi connectivity index (χ1v) is 5.35. The van der Waals surface area contributed by atoms with E-state index in [2.05, 4.69) is 64.9 Å². The summed E-state index contributed by atoms with van der Waals surface area (Å²) < 4.78 is 10.5. The van der Waals surface area contributed by atoms with E-state index in [-0.39, 0.29) is 0 Å². The zero-order valence-electron chi connectivity index (χ0n) is 7.93. The monoisotopic (exact) mass is 207 g/mol. The van der Waals surface area contributed by atoms with Crippen molar-refractivity contribution in [1.29, 1.82) is 0 Å². The molecule has 0 aromatic rings. The Hall–Kier alpha value is -2.54. The molecule has 66 valence electrons. The smallest absolute Gasteiger partial charge is 0.106 e. The van der Waals surface area contributed by atoms with Crippen LogP contribution in [0.25, 0.3) is 0 Å². The van der Waals surface area contributed by atoms with E-state index in [1.54, 1.807) is 0 Å². The normalized spacial score (nSPS) is 5.73. The van der Waals surface area contributed by atoms with Crippen molar-refractivity contribution < 1.29 is 4.57 Å². The molecule has 15 heavy (non-hydrogen) atoms. The average molecular weight is 207 g/mol. The fourth-order valence-corrected chi connectivity index (χ4v) is 0.575. The van der Waals surface area contributed by atoms with E-state index in [9.17, 15) is 4.57 Å². The quantitative estimate of drug-likeness (QED) is 0.428. The summed E-state index contributed by atoms with van der Waals surface area (Å²) in [5.74, 6) is 23.8. The summed E-state index contributed by atoms with van der Waals surface area (Å²) in [7, 11) is -1.46. The molecule has 0 saturated heterocycles. The van der Waals surface area contributed by atoms with Crippen molar-refractivity contribution in [3.8, 4) is 71.3 Å². The third-order valence-electron chi connectivity index (χ3n) is 0.786. The van der Waals surface area contributed by atoms with Gasteiger partial charge in [0, 0.05) is 29.6 Å². The maximum atomic E-state index is 10.5. The standard InChI is InChI=1S/C13H4OP/c1-3-4-5-6-7-8-9-10-11-12-13-15(2)14/h1H,2H3/q+1. The molecule has 0 heterocycles. The number of terminal acetylenes is 1. The van der Waals surface area contributed by atoms with Gasteiger partial charge in [0.15, 0.2) is 5.66 Å². The lowest BCUT2D eigenvalue weighted by Gasteiger charge is -1.54. The zero-order valence-corrected chi connectivity index (χ0v) is 8.83. The molecule has 1 nitrogen and oxygen atoms in total. The first-order chi connectivity index (χ1) is 7.27. The molecule has 2 heteroatoms. The summed E-state index contributed by atoms with van der Waals surface area (Å²) in [6.45, 7) is 1.51. The van der Waals surface area contributed by atoms with Gasteiger partial charge in [0.25, 0.3) is 0 Å². The van der Waals surface area contributed by atoms with Crippen LogP contribution in [0.15, 0.2) is 0 Å². The first kappa shape index (κ1) is 12.5. The van der Waals surface area contributed by atoms with Gasteiger partial charge in [0.1, 0.15) is 6.66 Å². The van der Waals surface area contributed by atoms with Crippen molar-refractivity contribution in [2.75, 3.05) is 6.66 Å². The van der Waals surface area contributed by atoms with E-state index in [1.807, 2.05) is 0 Å². The number of hydrogen-bond donors (Lipinski definition) is 0. The highest BCUT2D eigenvalue weighted by Crippen LogP contribution is 2.07.